The Morgan fingerprint density at radius 3 is 2.92 bits per heavy atom. The van der Waals surface area contributed by atoms with Crippen molar-refractivity contribution in [2.75, 3.05) is 16.9 Å². The minimum atomic E-state index is -0.273. The number of anilines is 1. The number of aromatic amines is 1. The number of rotatable bonds is 6. The van der Waals surface area contributed by atoms with Crippen LogP contribution in [-0.4, -0.2) is 49.1 Å². The first kappa shape index (κ1) is 16.8. The Morgan fingerprint density at radius 2 is 2.25 bits per heavy atom. The molecule has 3 rings (SSSR count). The van der Waals surface area contributed by atoms with Crippen molar-refractivity contribution in [3.05, 3.63) is 36.2 Å². The van der Waals surface area contributed by atoms with E-state index in [2.05, 4.69) is 39.8 Å². The van der Waals surface area contributed by atoms with E-state index in [-0.39, 0.29) is 23.9 Å². The van der Waals surface area contributed by atoms with E-state index in [0.29, 0.717) is 11.7 Å². The van der Waals surface area contributed by atoms with Gasteiger partial charge in [-0.1, -0.05) is 43.7 Å². The van der Waals surface area contributed by atoms with Crippen molar-refractivity contribution in [1.29, 1.82) is 0 Å². The molecule has 1 fully saturated rings. The summed E-state index contributed by atoms with van der Waals surface area (Å²) in [6.07, 6.45) is 0.921. The number of tetrazole rings is 1. The smallest absolute Gasteiger partial charge is 0.246 e. The molecule has 2 N–H and O–H groups in total. The summed E-state index contributed by atoms with van der Waals surface area (Å²) in [6.45, 7) is 4.21. The third-order valence-electron chi connectivity index (χ3n) is 4.40. The van der Waals surface area contributed by atoms with Crippen LogP contribution in [0.25, 0.3) is 0 Å². The third kappa shape index (κ3) is 3.53. The standard InChI is InChI=1S/C16H22N6OS/c1-3-11(2)14(17-12-7-5-4-6-8-12)16(23)22-10-24-9-13(22)15-18-20-21-19-15/h4-8,11,13-14,17H,3,9-10H2,1-2H3,(H,18,19,20,21). The van der Waals surface area contributed by atoms with Crippen LogP contribution < -0.4 is 5.32 Å². The number of amides is 1. The molecule has 0 radical (unpaired) electrons. The summed E-state index contributed by atoms with van der Waals surface area (Å²) in [5.74, 6) is 2.34. The van der Waals surface area contributed by atoms with E-state index in [1.807, 2.05) is 35.2 Å². The predicted molar refractivity (Wildman–Crippen MR) is 94.4 cm³/mol. The lowest BCUT2D eigenvalue weighted by Crippen LogP contribution is -2.46. The highest BCUT2D eigenvalue weighted by atomic mass is 32.2. The second-order valence-corrected chi connectivity index (χ2v) is 6.97. The number of nitrogens with zero attached hydrogens (tertiary/aromatic N) is 4. The molecule has 2 heterocycles. The van der Waals surface area contributed by atoms with Crippen molar-refractivity contribution >= 4 is 23.4 Å². The summed E-state index contributed by atoms with van der Waals surface area (Å²) in [4.78, 5) is 15.1. The van der Waals surface area contributed by atoms with Gasteiger partial charge in [-0.2, -0.15) is 5.21 Å². The average molecular weight is 346 g/mol. The number of H-pyrrole nitrogens is 1. The summed E-state index contributed by atoms with van der Waals surface area (Å²) in [5, 5.41) is 17.6. The Kier molecular flexibility index (Phi) is 5.34. The molecule has 0 spiro atoms. The molecule has 7 nitrogen and oxygen atoms in total. The van der Waals surface area contributed by atoms with Gasteiger partial charge in [0, 0.05) is 11.4 Å². The van der Waals surface area contributed by atoms with E-state index in [4.69, 9.17) is 0 Å². The van der Waals surface area contributed by atoms with Crippen LogP contribution in [0.2, 0.25) is 0 Å². The quantitative estimate of drug-likeness (QED) is 0.835. The van der Waals surface area contributed by atoms with E-state index in [1.54, 1.807) is 11.8 Å². The van der Waals surface area contributed by atoms with Crippen LogP contribution in [0, 0.1) is 5.92 Å². The molecule has 1 aliphatic heterocycles. The zero-order valence-corrected chi connectivity index (χ0v) is 14.7. The van der Waals surface area contributed by atoms with Gasteiger partial charge in [0.25, 0.3) is 0 Å². The van der Waals surface area contributed by atoms with Crippen LogP contribution >= 0.6 is 11.8 Å². The topological polar surface area (TPSA) is 86.8 Å². The van der Waals surface area contributed by atoms with Gasteiger partial charge in [0.15, 0.2) is 5.82 Å². The van der Waals surface area contributed by atoms with E-state index in [9.17, 15) is 4.79 Å². The van der Waals surface area contributed by atoms with Gasteiger partial charge in [0.2, 0.25) is 5.91 Å². The lowest BCUT2D eigenvalue weighted by atomic mass is 9.97. The summed E-state index contributed by atoms with van der Waals surface area (Å²) < 4.78 is 0. The fourth-order valence-corrected chi connectivity index (χ4v) is 3.92. The molecule has 0 saturated carbocycles. The van der Waals surface area contributed by atoms with Crippen LogP contribution in [0.15, 0.2) is 30.3 Å². The monoisotopic (exact) mass is 346 g/mol. The van der Waals surface area contributed by atoms with Gasteiger partial charge in [-0.3, -0.25) is 4.79 Å². The first-order valence-corrected chi connectivity index (χ1v) is 9.29. The van der Waals surface area contributed by atoms with Crippen molar-refractivity contribution in [2.24, 2.45) is 5.92 Å². The van der Waals surface area contributed by atoms with E-state index in [1.165, 1.54) is 0 Å². The second kappa shape index (κ2) is 7.65. The molecular weight excluding hydrogens is 324 g/mol. The van der Waals surface area contributed by atoms with Gasteiger partial charge in [-0.15, -0.1) is 22.0 Å². The molecule has 0 aliphatic carbocycles. The maximum absolute atomic E-state index is 13.2. The van der Waals surface area contributed by atoms with Crippen LogP contribution in [0.3, 0.4) is 0 Å². The number of hydrogen-bond acceptors (Lipinski definition) is 6. The Labute approximate surface area is 145 Å². The van der Waals surface area contributed by atoms with Gasteiger partial charge < -0.3 is 10.2 Å². The number of carbonyl (C=O) groups excluding carboxylic acids is 1. The Hall–Kier alpha value is -2.09. The zero-order chi connectivity index (χ0) is 16.9. The highest BCUT2D eigenvalue weighted by Crippen LogP contribution is 2.32. The molecule has 0 bridgehead atoms. The number of hydrogen-bond donors (Lipinski definition) is 2. The fourth-order valence-electron chi connectivity index (χ4n) is 2.76. The van der Waals surface area contributed by atoms with Gasteiger partial charge in [0.05, 0.1) is 5.88 Å². The van der Waals surface area contributed by atoms with Crippen LogP contribution in [0.4, 0.5) is 5.69 Å². The number of aromatic nitrogens is 4. The van der Waals surface area contributed by atoms with E-state index >= 15 is 0 Å². The average Bonchev–Trinajstić information content (AvgIpc) is 3.30. The fraction of sp³-hybridized carbons (Fsp3) is 0.500. The maximum Gasteiger partial charge on any atom is 0.246 e. The third-order valence-corrected chi connectivity index (χ3v) is 5.41. The molecule has 1 aromatic heterocycles. The number of carbonyl (C=O) groups is 1. The number of benzene rings is 1. The Balaban J connectivity index is 1.80. The largest absolute Gasteiger partial charge is 0.373 e. The van der Waals surface area contributed by atoms with Crippen LogP contribution in [0.5, 0.6) is 0 Å². The van der Waals surface area contributed by atoms with Crippen molar-refractivity contribution in [2.45, 2.75) is 32.4 Å². The van der Waals surface area contributed by atoms with Gasteiger partial charge in [0.1, 0.15) is 12.1 Å². The molecule has 1 aliphatic rings. The molecule has 128 valence electrons. The zero-order valence-electron chi connectivity index (χ0n) is 13.8. The normalized spacial score (nSPS) is 19.9. The minimum absolute atomic E-state index is 0.0907. The van der Waals surface area contributed by atoms with Crippen LogP contribution in [-0.2, 0) is 4.79 Å². The number of nitrogens with one attached hydrogen (secondary N) is 2. The highest BCUT2D eigenvalue weighted by molar-refractivity contribution is 7.99. The molecular formula is C16H22N6OS. The second-order valence-electron chi connectivity index (χ2n) is 5.97. The Bertz CT molecular complexity index is 650. The maximum atomic E-state index is 13.2. The molecule has 3 atom stereocenters. The van der Waals surface area contributed by atoms with Crippen molar-refractivity contribution in [3.63, 3.8) is 0 Å². The van der Waals surface area contributed by atoms with Crippen LogP contribution in [0.1, 0.15) is 32.1 Å². The van der Waals surface area contributed by atoms with Gasteiger partial charge in [-0.05, 0) is 18.1 Å². The summed E-state index contributed by atoms with van der Waals surface area (Å²) >= 11 is 1.72. The number of para-hydroxylation sites is 1. The highest BCUT2D eigenvalue weighted by Gasteiger charge is 2.38. The van der Waals surface area contributed by atoms with E-state index < -0.39 is 0 Å². The lowest BCUT2D eigenvalue weighted by Gasteiger charge is -2.30. The molecule has 1 amide bonds. The summed E-state index contributed by atoms with van der Waals surface area (Å²) in [6, 6.07) is 9.48. The van der Waals surface area contributed by atoms with Gasteiger partial charge >= 0.3 is 0 Å². The number of thioether (sulfide) groups is 1. The summed E-state index contributed by atoms with van der Waals surface area (Å²) in [5.41, 5.74) is 0.958. The molecule has 1 aromatic carbocycles. The SMILES string of the molecule is CCC(C)C(Nc1ccccc1)C(=O)N1CSCC1c1nn[nH]n1. The molecule has 8 heteroatoms. The molecule has 3 unspecified atom stereocenters. The van der Waals surface area contributed by atoms with Gasteiger partial charge in [-0.25, -0.2) is 0 Å². The Morgan fingerprint density at radius 1 is 1.46 bits per heavy atom. The first-order valence-electron chi connectivity index (χ1n) is 8.13. The molecule has 2 aromatic rings. The van der Waals surface area contributed by atoms with Crippen molar-refractivity contribution in [3.8, 4) is 0 Å². The molecule has 24 heavy (non-hydrogen) atoms. The minimum Gasteiger partial charge on any atom is -0.373 e. The van der Waals surface area contributed by atoms with E-state index in [0.717, 1.165) is 17.9 Å². The van der Waals surface area contributed by atoms with Crippen molar-refractivity contribution < 1.29 is 4.79 Å². The predicted octanol–water partition coefficient (Wildman–Crippen LogP) is 2.30. The first-order chi connectivity index (χ1) is 11.7. The lowest BCUT2D eigenvalue weighted by molar-refractivity contribution is -0.133. The van der Waals surface area contributed by atoms with Crippen molar-refractivity contribution in [1.82, 2.24) is 25.5 Å². The summed E-state index contributed by atoms with van der Waals surface area (Å²) in [7, 11) is 0. The molecule has 1 saturated heterocycles.